The summed E-state index contributed by atoms with van der Waals surface area (Å²) in [5.41, 5.74) is 2.82. The van der Waals surface area contributed by atoms with E-state index in [0.29, 0.717) is 19.6 Å². The molecule has 3 aromatic carbocycles. The highest BCUT2D eigenvalue weighted by atomic mass is 35.5. The molecule has 7 rings (SSSR count). The Balaban J connectivity index is 1.55. The smallest absolute Gasteiger partial charge is 0.311 e. The predicted molar refractivity (Wildman–Crippen MR) is 126 cm³/mol. The van der Waals surface area contributed by atoms with E-state index in [4.69, 9.17) is 11.6 Å². The lowest BCUT2D eigenvalue weighted by molar-refractivity contribution is -0.157. The molecular formula is C28H25ClFNO2. The fourth-order valence-electron chi connectivity index (χ4n) is 7.28. The molecule has 1 N–H and O–H groups in total. The topological polar surface area (TPSA) is 40.5 Å². The summed E-state index contributed by atoms with van der Waals surface area (Å²) < 4.78 is 14.7. The number of likely N-dealkylation sites (tertiary alicyclic amines) is 1. The number of nitrogens with zero attached hydrogens (tertiary/aromatic N) is 1. The van der Waals surface area contributed by atoms with Crippen LogP contribution in [0.4, 0.5) is 4.39 Å². The summed E-state index contributed by atoms with van der Waals surface area (Å²) in [7, 11) is 0. The lowest BCUT2D eigenvalue weighted by Crippen LogP contribution is -2.60. The molecule has 4 atom stereocenters. The van der Waals surface area contributed by atoms with Gasteiger partial charge in [-0.1, -0.05) is 72.3 Å². The van der Waals surface area contributed by atoms with Crippen LogP contribution in [0, 0.1) is 17.2 Å². The van der Waals surface area contributed by atoms with Crippen molar-refractivity contribution < 1.29 is 14.3 Å². The van der Waals surface area contributed by atoms with Crippen LogP contribution in [0.2, 0.25) is 5.02 Å². The van der Waals surface area contributed by atoms with Crippen molar-refractivity contribution in [1.82, 2.24) is 4.90 Å². The van der Waals surface area contributed by atoms with Gasteiger partial charge in [-0.05, 0) is 47.2 Å². The molecular weight excluding hydrogens is 437 g/mol. The summed E-state index contributed by atoms with van der Waals surface area (Å²) in [6.07, 6.45) is 1.60. The number of carboxylic acid groups (broad SMARTS) is 1. The number of carbonyl (C=O) groups is 1. The maximum absolute atomic E-state index is 14.7. The molecule has 5 heteroatoms. The second kappa shape index (κ2) is 7.41. The van der Waals surface area contributed by atoms with Crippen molar-refractivity contribution >= 4 is 17.6 Å². The van der Waals surface area contributed by atoms with Crippen LogP contribution in [0.15, 0.2) is 72.8 Å². The number of aliphatic carboxylic acids is 1. The normalized spacial score (nSPS) is 30.1. The summed E-state index contributed by atoms with van der Waals surface area (Å²) in [6, 6.07) is 23.5. The van der Waals surface area contributed by atoms with Crippen molar-refractivity contribution in [1.29, 1.82) is 0 Å². The van der Waals surface area contributed by atoms with Gasteiger partial charge < -0.3 is 5.11 Å². The molecule has 1 saturated carbocycles. The van der Waals surface area contributed by atoms with Gasteiger partial charge >= 0.3 is 5.97 Å². The van der Waals surface area contributed by atoms with E-state index in [9.17, 15) is 14.3 Å². The average molecular weight is 462 g/mol. The molecule has 2 fully saturated rings. The molecule has 0 spiro atoms. The minimum Gasteiger partial charge on any atom is -0.481 e. The highest BCUT2D eigenvalue weighted by Gasteiger charge is 2.70. The van der Waals surface area contributed by atoms with E-state index in [1.54, 1.807) is 6.07 Å². The Morgan fingerprint density at radius 1 is 1.09 bits per heavy atom. The number of fused-ring (bicyclic) bond motifs is 1. The molecule has 1 heterocycles. The zero-order valence-electron chi connectivity index (χ0n) is 18.2. The summed E-state index contributed by atoms with van der Waals surface area (Å²) >= 11 is 6.04. The lowest BCUT2D eigenvalue weighted by atomic mass is 9.42. The number of hydrogen-bond acceptors (Lipinski definition) is 2. The highest BCUT2D eigenvalue weighted by Crippen LogP contribution is 2.69. The Kier molecular flexibility index (Phi) is 4.69. The average Bonchev–Trinajstić information content (AvgIpc) is 3.24. The predicted octanol–water partition coefficient (Wildman–Crippen LogP) is 5.86. The second-order valence-corrected chi connectivity index (χ2v) is 10.2. The van der Waals surface area contributed by atoms with Gasteiger partial charge in [-0.2, -0.15) is 0 Å². The molecule has 0 amide bonds. The van der Waals surface area contributed by atoms with Crippen molar-refractivity contribution in [3.05, 3.63) is 106 Å². The zero-order chi connectivity index (χ0) is 22.8. The van der Waals surface area contributed by atoms with Gasteiger partial charge in [-0.15, -0.1) is 0 Å². The van der Waals surface area contributed by atoms with Gasteiger partial charge in [0.05, 0.1) is 10.4 Å². The Morgan fingerprint density at radius 2 is 1.85 bits per heavy atom. The molecule has 0 radical (unpaired) electrons. The first kappa shape index (κ1) is 20.9. The SMILES string of the molecule is O=C(O)C12CN(Cc3ccccc3)CC1C1(c3ccc(Cl)c(F)c3)CCC2c2ccccc21. The fourth-order valence-corrected chi connectivity index (χ4v) is 7.40. The Bertz CT molecular complexity index is 1250. The fraction of sp³-hybridized carbons (Fsp3) is 0.321. The van der Waals surface area contributed by atoms with Crippen LogP contribution >= 0.6 is 11.6 Å². The summed E-state index contributed by atoms with van der Waals surface area (Å²) in [4.78, 5) is 15.4. The van der Waals surface area contributed by atoms with Crippen molar-refractivity contribution in [2.24, 2.45) is 11.3 Å². The first-order valence-electron chi connectivity index (χ1n) is 11.5. The number of hydrogen-bond donors (Lipinski definition) is 1. The van der Waals surface area contributed by atoms with Gasteiger partial charge in [-0.3, -0.25) is 9.69 Å². The van der Waals surface area contributed by atoms with Gasteiger partial charge in [0.2, 0.25) is 0 Å². The van der Waals surface area contributed by atoms with E-state index in [1.807, 2.05) is 36.4 Å². The van der Waals surface area contributed by atoms with Gasteiger partial charge in [0.15, 0.2) is 0 Å². The molecule has 3 aliphatic carbocycles. The third kappa shape index (κ3) is 2.80. The summed E-state index contributed by atoms with van der Waals surface area (Å²) in [6.45, 7) is 1.87. The first-order valence-corrected chi connectivity index (χ1v) is 11.9. The van der Waals surface area contributed by atoms with Crippen LogP contribution in [0.25, 0.3) is 0 Å². The van der Waals surface area contributed by atoms with Crippen LogP contribution in [0.5, 0.6) is 0 Å². The summed E-state index contributed by atoms with van der Waals surface area (Å²) in [5, 5.41) is 10.9. The van der Waals surface area contributed by atoms with Crippen LogP contribution in [0.3, 0.4) is 0 Å². The second-order valence-electron chi connectivity index (χ2n) is 9.83. The molecule has 3 nitrogen and oxygen atoms in total. The number of halogens is 2. The molecule has 0 aromatic heterocycles. The Hall–Kier alpha value is -2.69. The molecule has 2 bridgehead atoms. The zero-order valence-corrected chi connectivity index (χ0v) is 18.9. The van der Waals surface area contributed by atoms with Crippen LogP contribution in [-0.2, 0) is 16.8 Å². The molecule has 1 saturated heterocycles. The van der Waals surface area contributed by atoms with Crippen LogP contribution in [0.1, 0.15) is 41.0 Å². The van der Waals surface area contributed by atoms with E-state index in [2.05, 4.69) is 29.2 Å². The van der Waals surface area contributed by atoms with Crippen molar-refractivity contribution in [3.63, 3.8) is 0 Å². The van der Waals surface area contributed by atoms with Crippen LogP contribution in [-0.4, -0.2) is 29.1 Å². The Morgan fingerprint density at radius 3 is 2.61 bits per heavy atom. The van der Waals surface area contributed by atoms with Crippen molar-refractivity contribution in [2.75, 3.05) is 13.1 Å². The molecule has 168 valence electrons. The van der Waals surface area contributed by atoms with E-state index in [-0.39, 0.29) is 16.9 Å². The molecule has 4 aliphatic rings. The highest BCUT2D eigenvalue weighted by molar-refractivity contribution is 6.30. The molecule has 3 aromatic rings. The van der Waals surface area contributed by atoms with Crippen LogP contribution < -0.4 is 0 Å². The number of benzene rings is 3. The molecule has 33 heavy (non-hydrogen) atoms. The standard InChI is InChI=1S/C28H25ClFNO2/c29-23-11-10-19(14-24(23)30)27-13-12-22(20-8-4-5-9-21(20)27)28(26(32)33)17-31(16-25(27)28)15-18-6-2-1-3-7-18/h1-11,14,22,25H,12-13,15-17H2,(H,32,33). The first-order chi connectivity index (χ1) is 16.0. The quantitative estimate of drug-likeness (QED) is 0.529. The molecule has 4 unspecified atom stereocenters. The monoisotopic (exact) mass is 461 g/mol. The minimum absolute atomic E-state index is 0.0454. The van der Waals surface area contributed by atoms with E-state index >= 15 is 0 Å². The van der Waals surface area contributed by atoms with E-state index < -0.39 is 22.6 Å². The minimum atomic E-state index is -0.905. The van der Waals surface area contributed by atoms with Crippen molar-refractivity contribution in [2.45, 2.75) is 30.7 Å². The van der Waals surface area contributed by atoms with Gasteiger partial charge in [-0.25, -0.2) is 4.39 Å². The third-order valence-corrected chi connectivity index (χ3v) is 8.80. The van der Waals surface area contributed by atoms with E-state index in [0.717, 1.165) is 29.5 Å². The van der Waals surface area contributed by atoms with Gasteiger partial charge in [0.1, 0.15) is 5.82 Å². The maximum atomic E-state index is 14.7. The summed E-state index contributed by atoms with van der Waals surface area (Å²) in [5.74, 6) is -1.38. The Labute approximate surface area is 197 Å². The van der Waals surface area contributed by atoms with Gasteiger partial charge in [0, 0.05) is 36.9 Å². The van der Waals surface area contributed by atoms with Gasteiger partial charge in [0.25, 0.3) is 0 Å². The number of rotatable bonds is 4. The van der Waals surface area contributed by atoms with Crippen molar-refractivity contribution in [3.8, 4) is 0 Å². The maximum Gasteiger partial charge on any atom is 0.311 e. The van der Waals surface area contributed by atoms with E-state index in [1.165, 1.54) is 11.6 Å². The lowest BCUT2D eigenvalue weighted by Gasteiger charge is -2.59. The number of carboxylic acids is 1. The third-order valence-electron chi connectivity index (χ3n) is 8.49. The molecule has 1 aliphatic heterocycles. The largest absolute Gasteiger partial charge is 0.481 e.